The zero-order valence-corrected chi connectivity index (χ0v) is 10.4. The molecule has 0 amide bonds. The molecule has 3 nitrogen and oxygen atoms in total. The van der Waals surface area contributed by atoms with Crippen LogP contribution >= 0.6 is 15.9 Å². The molecule has 0 radical (unpaired) electrons. The fourth-order valence-corrected chi connectivity index (χ4v) is 1.74. The Balaban J connectivity index is 2.24. The third kappa shape index (κ3) is 2.58. The minimum Gasteiger partial charge on any atom is -0.300 e. The standard InChI is InChI=1S/C12H11BrN2O/c1-9(16)6-10-7-14-15(8-10)12-4-2-11(13)3-5-12/h2-5,7-8H,6H2,1H3. The normalized spacial score (nSPS) is 10.4. The van der Waals surface area contributed by atoms with Gasteiger partial charge in [0.1, 0.15) is 5.78 Å². The van der Waals surface area contributed by atoms with Crippen molar-refractivity contribution in [3.05, 3.63) is 46.7 Å². The van der Waals surface area contributed by atoms with Crippen molar-refractivity contribution in [3.8, 4) is 5.69 Å². The molecule has 82 valence electrons. The van der Waals surface area contributed by atoms with Gasteiger partial charge in [-0.05, 0) is 36.8 Å². The number of benzene rings is 1. The average Bonchev–Trinajstić information content (AvgIpc) is 2.66. The number of rotatable bonds is 3. The van der Waals surface area contributed by atoms with E-state index in [0.29, 0.717) is 6.42 Å². The maximum absolute atomic E-state index is 11.0. The van der Waals surface area contributed by atoms with Crippen LogP contribution in [0.5, 0.6) is 0 Å². The smallest absolute Gasteiger partial charge is 0.134 e. The molecule has 0 atom stereocenters. The molecule has 0 saturated carbocycles. The molecule has 0 aliphatic heterocycles. The molecule has 0 saturated heterocycles. The monoisotopic (exact) mass is 278 g/mol. The van der Waals surface area contributed by atoms with Crippen molar-refractivity contribution >= 4 is 21.7 Å². The Hall–Kier alpha value is -1.42. The molecule has 1 aromatic carbocycles. The first-order valence-electron chi connectivity index (χ1n) is 4.94. The minimum atomic E-state index is 0.148. The second-order valence-corrected chi connectivity index (χ2v) is 4.56. The summed E-state index contributed by atoms with van der Waals surface area (Å²) in [5.74, 6) is 0.148. The lowest BCUT2D eigenvalue weighted by atomic mass is 10.2. The Bertz CT molecular complexity index is 502. The van der Waals surface area contributed by atoms with Gasteiger partial charge in [-0.3, -0.25) is 4.79 Å². The van der Waals surface area contributed by atoms with Gasteiger partial charge in [0, 0.05) is 17.1 Å². The first kappa shape index (κ1) is 11.1. The van der Waals surface area contributed by atoms with Gasteiger partial charge in [0.05, 0.1) is 11.9 Å². The van der Waals surface area contributed by atoms with Gasteiger partial charge >= 0.3 is 0 Å². The highest BCUT2D eigenvalue weighted by Gasteiger charge is 2.02. The third-order valence-electron chi connectivity index (χ3n) is 2.18. The van der Waals surface area contributed by atoms with Crippen LogP contribution in [-0.2, 0) is 11.2 Å². The summed E-state index contributed by atoms with van der Waals surface area (Å²) in [5, 5.41) is 4.22. The fraction of sp³-hybridized carbons (Fsp3) is 0.167. The predicted octanol–water partition coefficient (Wildman–Crippen LogP) is 2.77. The minimum absolute atomic E-state index is 0.148. The molecular formula is C12H11BrN2O. The van der Waals surface area contributed by atoms with Crippen molar-refractivity contribution < 1.29 is 4.79 Å². The van der Waals surface area contributed by atoms with Crippen LogP contribution in [0.3, 0.4) is 0 Å². The molecule has 0 N–H and O–H groups in total. The van der Waals surface area contributed by atoms with E-state index in [0.717, 1.165) is 15.7 Å². The maximum Gasteiger partial charge on any atom is 0.134 e. The summed E-state index contributed by atoms with van der Waals surface area (Å²) in [5.41, 5.74) is 1.92. The second kappa shape index (κ2) is 4.61. The number of hydrogen-bond acceptors (Lipinski definition) is 2. The molecular weight excluding hydrogens is 268 g/mol. The number of carbonyl (C=O) groups is 1. The highest BCUT2D eigenvalue weighted by Crippen LogP contribution is 2.14. The zero-order chi connectivity index (χ0) is 11.5. The van der Waals surface area contributed by atoms with Gasteiger partial charge < -0.3 is 0 Å². The van der Waals surface area contributed by atoms with E-state index in [4.69, 9.17) is 0 Å². The molecule has 16 heavy (non-hydrogen) atoms. The maximum atomic E-state index is 11.0. The Kier molecular flexibility index (Phi) is 3.19. The summed E-state index contributed by atoms with van der Waals surface area (Å²) in [6, 6.07) is 7.85. The van der Waals surface area contributed by atoms with Crippen molar-refractivity contribution in [1.82, 2.24) is 9.78 Å². The van der Waals surface area contributed by atoms with Crippen molar-refractivity contribution in [3.63, 3.8) is 0 Å². The van der Waals surface area contributed by atoms with Crippen molar-refractivity contribution in [2.75, 3.05) is 0 Å². The quantitative estimate of drug-likeness (QED) is 0.866. The van der Waals surface area contributed by atoms with Crippen LogP contribution in [0.1, 0.15) is 12.5 Å². The van der Waals surface area contributed by atoms with E-state index in [9.17, 15) is 4.79 Å². The number of nitrogens with zero attached hydrogens (tertiary/aromatic N) is 2. The van der Waals surface area contributed by atoms with Gasteiger partial charge in [0.2, 0.25) is 0 Å². The van der Waals surface area contributed by atoms with Crippen LogP contribution in [0, 0.1) is 0 Å². The summed E-state index contributed by atoms with van der Waals surface area (Å²) in [6.45, 7) is 1.58. The predicted molar refractivity (Wildman–Crippen MR) is 65.6 cm³/mol. The van der Waals surface area contributed by atoms with Gasteiger partial charge in [-0.25, -0.2) is 4.68 Å². The summed E-state index contributed by atoms with van der Waals surface area (Å²) in [6.07, 6.45) is 4.05. The summed E-state index contributed by atoms with van der Waals surface area (Å²) in [7, 11) is 0. The fourth-order valence-electron chi connectivity index (χ4n) is 1.47. The number of aromatic nitrogens is 2. The molecule has 0 aliphatic carbocycles. The van der Waals surface area contributed by atoms with Gasteiger partial charge in [-0.1, -0.05) is 15.9 Å². The van der Waals surface area contributed by atoms with Crippen molar-refractivity contribution in [2.24, 2.45) is 0 Å². The highest BCUT2D eigenvalue weighted by atomic mass is 79.9. The number of halogens is 1. The molecule has 0 bridgehead atoms. The lowest BCUT2D eigenvalue weighted by molar-refractivity contribution is -0.116. The van der Waals surface area contributed by atoms with Crippen molar-refractivity contribution in [1.29, 1.82) is 0 Å². The molecule has 0 spiro atoms. The first-order valence-corrected chi connectivity index (χ1v) is 5.73. The van der Waals surface area contributed by atoms with Crippen LogP contribution < -0.4 is 0 Å². The Morgan fingerprint density at radius 1 is 1.38 bits per heavy atom. The molecule has 2 aromatic rings. The van der Waals surface area contributed by atoms with E-state index in [1.807, 2.05) is 30.5 Å². The SMILES string of the molecule is CC(=O)Cc1cnn(-c2ccc(Br)cc2)c1. The van der Waals surface area contributed by atoms with Gasteiger partial charge in [0.25, 0.3) is 0 Å². The Morgan fingerprint density at radius 2 is 2.06 bits per heavy atom. The van der Waals surface area contributed by atoms with Crippen LogP contribution in [0.25, 0.3) is 5.69 Å². The van der Waals surface area contributed by atoms with Crippen LogP contribution in [0.15, 0.2) is 41.1 Å². The van der Waals surface area contributed by atoms with Gasteiger partial charge in [-0.15, -0.1) is 0 Å². The van der Waals surface area contributed by atoms with E-state index in [2.05, 4.69) is 21.0 Å². The first-order chi connectivity index (χ1) is 7.65. The van der Waals surface area contributed by atoms with Crippen molar-refractivity contribution in [2.45, 2.75) is 13.3 Å². The molecule has 0 unspecified atom stereocenters. The topological polar surface area (TPSA) is 34.9 Å². The Morgan fingerprint density at radius 3 is 2.69 bits per heavy atom. The highest BCUT2D eigenvalue weighted by molar-refractivity contribution is 9.10. The number of ketones is 1. The molecule has 2 rings (SSSR count). The summed E-state index contributed by atoms with van der Waals surface area (Å²) >= 11 is 3.38. The van der Waals surface area contributed by atoms with E-state index < -0.39 is 0 Å². The number of Topliss-reactive ketones (excluding diaryl/α,β-unsaturated/α-hetero) is 1. The second-order valence-electron chi connectivity index (χ2n) is 3.65. The zero-order valence-electron chi connectivity index (χ0n) is 8.85. The van der Waals surface area contributed by atoms with E-state index in [1.165, 1.54) is 0 Å². The van der Waals surface area contributed by atoms with Crippen LogP contribution in [0.4, 0.5) is 0 Å². The van der Waals surface area contributed by atoms with E-state index >= 15 is 0 Å². The molecule has 0 fully saturated rings. The molecule has 1 aromatic heterocycles. The van der Waals surface area contributed by atoms with E-state index in [-0.39, 0.29) is 5.78 Å². The van der Waals surface area contributed by atoms with Gasteiger partial charge in [-0.2, -0.15) is 5.10 Å². The van der Waals surface area contributed by atoms with E-state index in [1.54, 1.807) is 17.8 Å². The summed E-state index contributed by atoms with van der Waals surface area (Å²) in [4.78, 5) is 11.0. The van der Waals surface area contributed by atoms with Crippen LogP contribution in [0.2, 0.25) is 0 Å². The number of carbonyl (C=O) groups excluding carboxylic acids is 1. The molecule has 1 heterocycles. The average molecular weight is 279 g/mol. The third-order valence-corrected chi connectivity index (χ3v) is 2.71. The number of hydrogen-bond donors (Lipinski definition) is 0. The molecule has 0 aliphatic rings. The lowest BCUT2D eigenvalue weighted by Gasteiger charge is -2.00. The van der Waals surface area contributed by atoms with Gasteiger partial charge in [0.15, 0.2) is 0 Å². The largest absolute Gasteiger partial charge is 0.300 e. The van der Waals surface area contributed by atoms with Crippen LogP contribution in [-0.4, -0.2) is 15.6 Å². The lowest BCUT2D eigenvalue weighted by Crippen LogP contribution is -1.95. The Labute approximate surface area is 102 Å². The summed E-state index contributed by atoms with van der Waals surface area (Å²) < 4.78 is 2.80. The molecule has 4 heteroatoms.